The Morgan fingerprint density at radius 3 is 2.58 bits per heavy atom. The third-order valence-corrected chi connectivity index (χ3v) is 6.88. The number of nitrogens with two attached hydrogens (primary N) is 1. The van der Waals surface area contributed by atoms with E-state index in [1.807, 2.05) is 6.07 Å². The van der Waals surface area contributed by atoms with Crippen LogP contribution < -0.4 is 25.5 Å². The minimum absolute atomic E-state index is 0.0230. The molecule has 38 heavy (non-hydrogen) atoms. The molecule has 200 valence electrons. The second-order valence-corrected chi connectivity index (χ2v) is 9.29. The largest absolute Gasteiger partial charge is 0.496 e. The van der Waals surface area contributed by atoms with Gasteiger partial charge in [-0.25, -0.2) is 14.2 Å². The van der Waals surface area contributed by atoms with Crippen LogP contribution in [0.2, 0.25) is 0 Å². The minimum atomic E-state index is -1.35. The van der Waals surface area contributed by atoms with Crippen LogP contribution in [-0.4, -0.2) is 60.2 Å². The molecule has 0 bridgehead atoms. The fourth-order valence-electron chi connectivity index (χ4n) is 4.73. The number of pyridine rings is 2. The summed E-state index contributed by atoms with van der Waals surface area (Å²) in [4.78, 5) is 36.2. The molecule has 1 unspecified atom stereocenters. The topological polar surface area (TPSA) is 142 Å². The van der Waals surface area contributed by atoms with Crippen molar-refractivity contribution in [3.05, 3.63) is 57.6 Å². The highest BCUT2D eigenvalue weighted by Crippen LogP contribution is 2.37. The lowest BCUT2D eigenvalue weighted by molar-refractivity contribution is 0.0694. The second kappa shape index (κ2) is 10.3. The summed E-state index contributed by atoms with van der Waals surface area (Å²) in [7, 11) is 3.11. The molecule has 1 aliphatic carbocycles. The van der Waals surface area contributed by atoms with Gasteiger partial charge in [-0.3, -0.25) is 4.79 Å². The summed E-state index contributed by atoms with van der Waals surface area (Å²) >= 11 is 0. The van der Waals surface area contributed by atoms with Gasteiger partial charge in [0.05, 0.1) is 37.4 Å². The van der Waals surface area contributed by atoms with Crippen molar-refractivity contribution >= 4 is 28.5 Å². The molecule has 3 aromatic rings. The van der Waals surface area contributed by atoms with Crippen LogP contribution in [0.3, 0.4) is 0 Å². The number of halogens is 1. The maximum atomic E-state index is 15.3. The Balaban J connectivity index is 1.44. The lowest BCUT2D eigenvalue weighted by Crippen LogP contribution is -2.26. The highest BCUT2D eigenvalue weighted by atomic mass is 19.1. The molecule has 0 radical (unpaired) electrons. The number of fused-ring (bicyclic) bond motifs is 1. The predicted molar refractivity (Wildman–Crippen MR) is 138 cm³/mol. The van der Waals surface area contributed by atoms with Crippen molar-refractivity contribution in [1.29, 1.82) is 0 Å². The molecule has 12 heteroatoms. The Morgan fingerprint density at radius 2 is 1.97 bits per heavy atom. The molecule has 3 N–H and O–H groups in total. The third kappa shape index (κ3) is 4.62. The molecular formula is C26H28FN5O6. The van der Waals surface area contributed by atoms with E-state index in [0.717, 1.165) is 18.9 Å². The zero-order valence-electron chi connectivity index (χ0n) is 21.0. The van der Waals surface area contributed by atoms with Crippen molar-refractivity contribution in [2.75, 3.05) is 38.8 Å². The number of nitrogens with zero attached hydrogens (tertiary/aromatic N) is 4. The number of hydrogen-bond acceptors (Lipinski definition) is 9. The predicted octanol–water partition coefficient (Wildman–Crippen LogP) is 2.55. The van der Waals surface area contributed by atoms with Gasteiger partial charge in [0.15, 0.2) is 11.6 Å². The lowest BCUT2D eigenvalue weighted by Gasteiger charge is -2.19. The van der Waals surface area contributed by atoms with Crippen molar-refractivity contribution in [3.63, 3.8) is 0 Å². The Labute approximate surface area is 217 Å². The molecule has 2 aliphatic rings. The van der Waals surface area contributed by atoms with E-state index in [4.69, 9.17) is 20.0 Å². The van der Waals surface area contributed by atoms with Crippen molar-refractivity contribution in [1.82, 2.24) is 9.55 Å². The van der Waals surface area contributed by atoms with Crippen LogP contribution in [0.25, 0.3) is 11.0 Å². The molecule has 1 atom stereocenters. The number of rotatable bonds is 9. The monoisotopic (exact) mass is 525 g/mol. The first-order chi connectivity index (χ1) is 18.4. The first kappa shape index (κ1) is 25.5. The molecule has 11 nitrogen and oxygen atoms in total. The molecule has 1 aliphatic heterocycles. The van der Waals surface area contributed by atoms with E-state index in [1.165, 1.54) is 6.20 Å². The van der Waals surface area contributed by atoms with Gasteiger partial charge in [0, 0.05) is 31.2 Å². The first-order valence-corrected chi connectivity index (χ1v) is 12.2. The van der Waals surface area contributed by atoms with Crippen LogP contribution in [-0.2, 0) is 11.4 Å². The smallest absolute Gasteiger partial charge is 0.341 e. The van der Waals surface area contributed by atoms with E-state index in [9.17, 15) is 14.7 Å². The number of oxime groups is 1. The molecule has 5 rings (SSSR count). The summed E-state index contributed by atoms with van der Waals surface area (Å²) < 4.78 is 27.8. The molecule has 3 heterocycles. The SMILES string of the molecule is COc1cccc(OC)c1CO/N=C1\CN(c2nc3c(cc2F)c(=O)c(C(=O)O)cn3C2CC2)CC1CN. The number of hydrogen-bond donors (Lipinski definition) is 2. The molecule has 1 saturated carbocycles. The minimum Gasteiger partial charge on any atom is -0.496 e. The van der Waals surface area contributed by atoms with Crippen molar-refractivity contribution in [2.24, 2.45) is 16.8 Å². The van der Waals surface area contributed by atoms with Gasteiger partial charge < -0.3 is 34.6 Å². The third-order valence-electron chi connectivity index (χ3n) is 6.88. The first-order valence-electron chi connectivity index (χ1n) is 12.2. The van der Waals surface area contributed by atoms with Gasteiger partial charge in [-0.15, -0.1) is 0 Å². The average Bonchev–Trinajstić information content (AvgIpc) is 3.68. The van der Waals surface area contributed by atoms with Gasteiger partial charge in [0.25, 0.3) is 0 Å². The number of aromatic carboxylic acids is 1. The fraction of sp³-hybridized carbons (Fsp3) is 0.385. The van der Waals surface area contributed by atoms with E-state index in [-0.39, 0.29) is 48.5 Å². The van der Waals surface area contributed by atoms with Gasteiger partial charge in [-0.1, -0.05) is 11.2 Å². The van der Waals surface area contributed by atoms with Crippen LogP contribution in [0, 0.1) is 11.7 Å². The van der Waals surface area contributed by atoms with Gasteiger partial charge in [0.2, 0.25) is 5.43 Å². The van der Waals surface area contributed by atoms with Gasteiger partial charge >= 0.3 is 5.97 Å². The van der Waals surface area contributed by atoms with E-state index in [0.29, 0.717) is 29.3 Å². The lowest BCUT2D eigenvalue weighted by atomic mass is 10.1. The molecular weight excluding hydrogens is 497 g/mol. The Bertz CT molecular complexity index is 1460. The zero-order chi connectivity index (χ0) is 27.0. The molecule has 2 aromatic heterocycles. The number of carboxylic acid groups (broad SMARTS) is 1. The summed E-state index contributed by atoms with van der Waals surface area (Å²) in [6.45, 7) is 0.935. The Morgan fingerprint density at radius 1 is 1.26 bits per heavy atom. The van der Waals surface area contributed by atoms with Crippen molar-refractivity contribution in [2.45, 2.75) is 25.5 Å². The number of carboxylic acids is 1. The van der Waals surface area contributed by atoms with Gasteiger partial charge in [0.1, 0.15) is 29.3 Å². The van der Waals surface area contributed by atoms with E-state index in [2.05, 4.69) is 10.1 Å². The van der Waals surface area contributed by atoms with E-state index < -0.39 is 22.8 Å². The Kier molecular flexibility index (Phi) is 6.89. The zero-order valence-corrected chi connectivity index (χ0v) is 21.0. The number of anilines is 1. The summed E-state index contributed by atoms with van der Waals surface area (Å²) in [5, 5.41) is 13.7. The Hall–Kier alpha value is -4.19. The molecule has 1 aromatic carbocycles. The van der Waals surface area contributed by atoms with Crippen LogP contribution >= 0.6 is 0 Å². The number of aromatic nitrogens is 2. The number of carbonyl (C=O) groups is 1. The summed E-state index contributed by atoms with van der Waals surface area (Å²) in [6, 6.07) is 6.49. The molecule has 2 fully saturated rings. The van der Waals surface area contributed by atoms with Crippen molar-refractivity contribution < 1.29 is 28.6 Å². The van der Waals surface area contributed by atoms with Crippen LogP contribution in [0.15, 0.2) is 40.4 Å². The summed E-state index contributed by atoms with van der Waals surface area (Å²) in [5.41, 5.74) is 6.41. The summed E-state index contributed by atoms with van der Waals surface area (Å²) in [5.74, 6) is -1.04. The summed E-state index contributed by atoms with van der Waals surface area (Å²) in [6.07, 6.45) is 2.96. The highest BCUT2D eigenvalue weighted by Gasteiger charge is 2.33. The van der Waals surface area contributed by atoms with Crippen LogP contribution in [0.5, 0.6) is 11.5 Å². The fourth-order valence-corrected chi connectivity index (χ4v) is 4.73. The normalized spacial score (nSPS) is 18.3. The van der Waals surface area contributed by atoms with Crippen LogP contribution in [0.1, 0.15) is 34.8 Å². The highest BCUT2D eigenvalue weighted by molar-refractivity contribution is 5.95. The number of methoxy groups -OCH3 is 2. The van der Waals surface area contributed by atoms with E-state index in [1.54, 1.807) is 35.8 Å². The van der Waals surface area contributed by atoms with Crippen LogP contribution in [0.4, 0.5) is 10.2 Å². The molecule has 0 amide bonds. The molecule has 0 spiro atoms. The number of ether oxygens (including phenoxy) is 2. The standard InChI is InChI=1S/C26H28FN5O6/c1-36-21-4-3-5-22(37-2)18(21)13-38-30-20-12-31(10-14(20)9-28)25-19(27)8-16-23(33)17(26(34)35)11-32(15-6-7-15)24(16)29-25/h3-5,8,11,14-15H,6-7,9-10,12-13,28H2,1-2H3,(H,34,35)/b30-20+. The van der Waals surface area contributed by atoms with E-state index >= 15 is 4.39 Å². The molecule has 1 saturated heterocycles. The second-order valence-electron chi connectivity index (χ2n) is 9.29. The average molecular weight is 526 g/mol. The maximum Gasteiger partial charge on any atom is 0.341 e. The maximum absolute atomic E-state index is 15.3. The van der Waals surface area contributed by atoms with Gasteiger partial charge in [-0.2, -0.15) is 0 Å². The quantitative estimate of drug-likeness (QED) is 0.403. The van der Waals surface area contributed by atoms with Crippen molar-refractivity contribution in [3.8, 4) is 11.5 Å². The number of benzene rings is 1. The van der Waals surface area contributed by atoms with Gasteiger partial charge in [-0.05, 0) is 31.0 Å².